The lowest BCUT2D eigenvalue weighted by Gasteiger charge is -2.20. The Bertz CT molecular complexity index is 492. The summed E-state index contributed by atoms with van der Waals surface area (Å²) in [5, 5.41) is 0. The number of rotatable bonds is 6. The molecule has 0 bridgehead atoms. The van der Waals surface area contributed by atoms with Crippen molar-refractivity contribution in [2.24, 2.45) is 0 Å². The highest BCUT2D eigenvalue weighted by Gasteiger charge is 2.31. The van der Waals surface area contributed by atoms with Gasteiger partial charge in [-0.15, -0.1) is 0 Å². The van der Waals surface area contributed by atoms with Gasteiger partial charge in [-0.3, -0.25) is 0 Å². The van der Waals surface area contributed by atoms with Crippen molar-refractivity contribution < 1.29 is 27.4 Å². The van der Waals surface area contributed by atoms with Gasteiger partial charge in [0.25, 0.3) is 0 Å². The molecular weight excluding hydrogens is 313 g/mol. The fraction of sp³-hybridized carbons (Fsp3) is 0.533. The lowest BCUT2D eigenvalue weighted by Crippen LogP contribution is -2.24. The molecule has 0 heterocycles. The topological polar surface area (TPSA) is 35.5 Å². The number of esters is 1. The van der Waals surface area contributed by atoms with Crippen molar-refractivity contribution in [1.82, 2.24) is 0 Å². The van der Waals surface area contributed by atoms with Crippen molar-refractivity contribution in [1.29, 1.82) is 0 Å². The van der Waals surface area contributed by atoms with Gasteiger partial charge in [0.05, 0.1) is 12.7 Å². The SMILES string of the molecule is COC(=O)[C@H](OCC[Si](C)(C)C)c1ccc(C(F)(F)F)cc1. The molecule has 7 heteroatoms. The fourth-order valence-corrected chi connectivity index (χ4v) is 2.47. The minimum absolute atomic E-state index is 0.357. The molecule has 0 amide bonds. The van der Waals surface area contributed by atoms with E-state index in [-0.39, 0.29) is 0 Å². The Hall–Kier alpha value is -1.34. The summed E-state index contributed by atoms with van der Waals surface area (Å²) in [4.78, 5) is 11.8. The van der Waals surface area contributed by atoms with E-state index in [9.17, 15) is 18.0 Å². The fourth-order valence-electron chi connectivity index (χ4n) is 1.74. The Balaban J connectivity index is 2.86. The molecule has 0 saturated heterocycles. The van der Waals surface area contributed by atoms with Crippen molar-refractivity contribution in [2.75, 3.05) is 13.7 Å². The lowest BCUT2D eigenvalue weighted by atomic mass is 10.1. The van der Waals surface area contributed by atoms with Gasteiger partial charge in [-0.05, 0) is 23.7 Å². The van der Waals surface area contributed by atoms with E-state index in [4.69, 9.17) is 4.74 Å². The van der Waals surface area contributed by atoms with E-state index in [1.54, 1.807) is 0 Å². The van der Waals surface area contributed by atoms with Crippen LogP contribution in [0.1, 0.15) is 17.2 Å². The Kier molecular flexibility index (Phi) is 6.19. The van der Waals surface area contributed by atoms with E-state index in [2.05, 4.69) is 24.4 Å². The van der Waals surface area contributed by atoms with E-state index in [0.29, 0.717) is 12.2 Å². The molecule has 0 saturated carbocycles. The van der Waals surface area contributed by atoms with Crippen LogP contribution >= 0.6 is 0 Å². The first-order valence-corrected chi connectivity index (χ1v) is 10.6. The van der Waals surface area contributed by atoms with Crippen molar-refractivity contribution in [3.05, 3.63) is 35.4 Å². The first-order valence-electron chi connectivity index (χ1n) is 6.91. The van der Waals surface area contributed by atoms with Crippen LogP contribution < -0.4 is 0 Å². The molecule has 0 fully saturated rings. The molecule has 1 atom stereocenters. The van der Waals surface area contributed by atoms with Gasteiger partial charge in [0.2, 0.25) is 0 Å². The summed E-state index contributed by atoms with van der Waals surface area (Å²) >= 11 is 0. The van der Waals surface area contributed by atoms with Crippen LogP contribution in [0, 0.1) is 0 Å². The average Bonchev–Trinajstić information content (AvgIpc) is 2.41. The third-order valence-corrected chi connectivity index (χ3v) is 4.80. The zero-order valence-corrected chi connectivity index (χ0v) is 14.2. The Morgan fingerprint density at radius 3 is 2.14 bits per heavy atom. The Morgan fingerprint density at radius 1 is 1.18 bits per heavy atom. The van der Waals surface area contributed by atoms with Crippen LogP contribution in [0.3, 0.4) is 0 Å². The van der Waals surface area contributed by atoms with Gasteiger partial charge in [0.1, 0.15) is 0 Å². The minimum atomic E-state index is -4.40. The largest absolute Gasteiger partial charge is 0.467 e. The van der Waals surface area contributed by atoms with E-state index in [1.165, 1.54) is 19.2 Å². The highest BCUT2D eigenvalue weighted by Crippen LogP contribution is 2.30. The summed E-state index contributed by atoms with van der Waals surface area (Å²) in [6.07, 6.45) is -5.40. The molecule has 1 aromatic rings. The molecule has 0 radical (unpaired) electrons. The van der Waals surface area contributed by atoms with Crippen LogP contribution in [0.5, 0.6) is 0 Å². The number of halogens is 3. The summed E-state index contributed by atoms with van der Waals surface area (Å²) < 4.78 is 47.9. The number of hydrogen-bond donors (Lipinski definition) is 0. The number of ether oxygens (including phenoxy) is 2. The first-order chi connectivity index (χ1) is 10.0. The highest BCUT2D eigenvalue weighted by atomic mass is 28.3. The van der Waals surface area contributed by atoms with Crippen molar-refractivity contribution in [2.45, 2.75) is 38.0 Å². The van der Waals surface area contributed by atoms with Crippen molar-refractivity contribution in [3.63, 3.8) is 0 Å². The van der Waals surface area contributed by atoms with Crippen LogP contribution in [0.2, 0.25) is 25.7 Å². The van der Waals surface area contributed by atoms with Crippen molar-refractivity contribution in [3.8, 4) is 0 Å². The molecule has 0 aliphatic carbocycles. The van der Waals surface area contributed by atoms with Crippen LogP contribution in [-0.2, 0) is 20.4 Å². The second-order valence-corrected chi connectivity index (χ2v) is 11.8. The summed E-state index contributed by atoms with van der Waals surface area (Å²) in [6, 6.07) is 5.22. The molecule has 0 aliphatic heterocycles. The van der Waals surface area contributed by atoms with Gasteiger partial charge in [-0.25, -0.2) is 4.79 Å². The standard InChI is InChI=1S/C15H21F3O3Si/c1-20-14(19)13(21-9-10-22(2,3)4)11-5-7-12(8-6-11)15(16,17)18/h5-8,13H,9-10H2,1-4H3/t13-/m1/s1. The molecule has 0 unspecified atom stereocenters. The molecule has 1 aromatic carbocycles. The Labute approximate surface area is 129 Å². The van der Waals surface area contributed by atoms with Crippen molar-refractivity contribution >= 4 is 14.0 Å². The van der Waals surface area contributed by atoms with Gasteiger partial charge in [0, 0.05) is 14.7 Å². The number of methoxy groups -OCH3 is 1. The van der Waals surface area contributed by atoms with Crippen LogP contribution in [0.15, 0.2) is 24.3 Å². The average molecular weight is 334 g/mol. The molecule has 124 valence electrons. The monoisotopic (exact) mass is 334 g/mol. The predicted octanol–water partition coefficient (Wildman–Crippen LogP) is 4.27. The number of hydrogen-bond acceptors (Lipinski definition) is 3. The zero-order valence-electron chi connectivity index (χ0n) is 13.2. The van der Waals surface area contributed by atoms with Gasteiger partial charge in [-0.2, -0.15) is 13.2 Å². The van der Waals surface area contributed by atoms with Gasteiger partial charge in [-0.1, -0.05) is 31.8 Å². The van der Waals surface area contributed by atoms with Crippen LogP contribution in [-0.4, -0.2) is 27.8 Å². The Morgan fingerprint density at radius 2 is 1.73 bits per heavy atom. The second-order valence-electron chi connectivity index (χ2n) is 6.20. The molecule has 0 aliphatic rings. The molecular formula is C15H21F3O3Si. The number of alkyl halides is 3. The van der Waals surface area contributed by atoms with Crippen LogP contribution in [0.4, 0.5) is 13.2 Å². The smallest absolute Gasteiger partial charge is 0.416 e. The number of carbonyl (C=O) groups excluding carboxylic acids is 1. The normalized spacial score (nSPS) is 13.8. The molecule has 0 spiro atoms. The summed E-state index contributed by atoms with van der Waals surface area (Å²) in [7, 11) is -0.106. The molecule has 0 aromatic heterocycles. The van der Waals surface area contributed by atoms with Gasteiger partial charge >= 0.3 is 12.1 Å². The minimum Gasteiger partial charge on any atom is -0.467 e. The van der Waals surface area contributed by atoms with Gasteiger partial charge < -0.3 is 9.47 Å². The lowest BCUT2D eigenvalue weighted by molar-refractivity contribution is -0.154. The first kappa shape index (κ1) is 18.7. The maximum atomic E-state index is 12.6. The van der Waals surface area contributed by atoms with E-state index < -0.39 is 31.9 Å². The third-order valence-electron chi connectivity index (χ3n) is 3.09. The molecule has 1 rings (SSSR count). The van der Waals surface area contributed by atoms with E-state index >= 15 is 0 Å². The maximum absolute atomic E-state index is 12.6. The quantitative estimate of drug-likeness (QED) is 0.575. The van der Waals surface area contributed by atoms with E-state index in [0.717, 1.165) is 18.2 Å². The van der Waals surface area contributed by atoms with Gasteiger partial charge in [0.15, 0.2) is 6.10 Å². The van der Waals surface area contributed by atoms with E-state index in [1.807, 2.05) is 0 Å². The third kappa shape index (κ3) is 5.80. The molecule has 3 nitrogen and oxygen atoms in total. The zero-order chi connectivity index (χ0) is 17.0. The summed E-state index contributed by atoms with van der Waals surface area (Å²) in [5.41, 5.74) is -0.405. The van der Waals surface area contributed by atoms with Crippen LogP contribution in [0.25, 0.3) is 0 Å². The molecule has 22 heavy (non-hydrogen) atoms. The molecule has 0 N–H and O–H groups in total. The number of carbonyl (C=O) groups is 1. The summed E-state index contributed by atoms with van der Waals surface area (Å²) in [5.74, 6) is -0.615. The highest BCUT2D eigenvalue weighted by molar-refractivity contribution is 6.76. The second kappa shape index (κ2) is 7.28. The summed E-state index contributed by atoms with van der Waals surface area (Å²) in [6.45, 7) is 6.88. The number of benzene rings is 1. The maximum Gasteiger partial charge on any atom is 0.416 e. The predicted molar refractivity (Wildman–Crippen MR) is 80.3 cm³/mol.